The van der Waals surface area contributed by atoms with Crippen LogP contribution < -0.4 is 9.47 Å². The van der Waals surface area contributed by atoms with E-state index in [9.17, 15) is 0 Å². The van der Waals surface area contributed by atoms with Gasteiger partial charge in [-0.25, -0.2) is 0 Å². The van der Waals surface area contributed by atoms with Crippen LogP contribution in [0.5, 0.6) is 11.5 Å². The van der Waals surface area contributed by atoms with Gasteiger partial charge in [-0.05, 0) is 72.5 Å². The molecule has 0 radical (unpaired) electrons. The van der Waals surface area contributed by atoms with Crippen LogP contribution in [-0.4, -0.2) is 62.2 Å². The van der Waals surface area contributed by atoms with Crippen molar-refractivity contribution in [1.29, 1.82) is 0 Å². The van der Waals surface area contributed by atoms with Gasteiger partial charge in [-0.2, -0.15) is 0 Å². The fourth-order valence-corrected chi connectivity index (χ4v) is 2.73. The van der Waals surface area contributed by atoms with Crippen molar-refractivity contribution in [2.24, 2.45) is 9.98 Å². The second kappa shape index (κ2) is 15.2. The summed E-state index contributed by atoms with van der Waals surface area (Å²) in [5.41, 5.74) is 2.10. The van der Waals surface area contributed by atoms with E-state index in [1.807, 2.05) is 61.0 Å². The van der Waals surface area contributed by atoms with Crippen LogP contribution in [0.25, 0.3) is 0 Å². The molecule has 30 heavy (non-hydrogen) atoms. The molecular weight excluding hydrogens is 380 g/mol. The average Bonchev–Trinajstić information content (AvgIpc) is 2.79. The Labute approximate surface area is 178 Å². The number of aliphatic imine (C=N–C) groups is 2. The smallest absolute Gasteiger partial charge is 0.119 e. The van der Waals surface area contributed by atoms with Gasteiger partial charge in [0.05, 0.1) is 13.2 Å². The maximum Gasteiger partial charge on any atom is 0.119 e. The van der Waals surface area contributed by atoms with Crippen molar-refractivity contribution in [2.45, 2.75) is 25.7 Å². The van der Waals surface area contributed by atoms with Crippen molar-refractivity contribution in [3.05, 3.63) is 59.7 Å². The summed E-state index contributed by atoms with van der Waals surface area (Å²) in [7, 11) is 0. The third kappa shape index (κ3) is 10.2. The number of unbranched alkanes of at least 4 members (excludes halogenated alkanes) is 3. The Hall–Kier alpha value is -2.70. The molecular formula is C24H32N2O4. The Morgan fingerprint density at radius 1 is 0.600 bits per heavy atom. The summed E-state index contributed by atoms with van der Waals surface area (Å²) in [6, 6.07) is 15.4. The summed E-state index contributed by atoms with van der Waals surface area (Å²) < 4.78 is 10.7. The summed E-state index contributed by atoms with van der Waals surface area (Å²) in [6.07, 6.45) is 8.23. The largest absolute Gasteiger partial charge is 0.491 e. The van der Waals surface area contributed by atoms with E-state index in [4.69, 9.17) is 19.7 Å². The van der Waals surface area contributed by atoms with Crippen LogP contribution in [0.4, 0.5) is 0 Å². The molecule has 0 amide bonds. The highest BCUT2D eigenvalue weighted by atomic mass is 16.5. The van der Waals surface area contributed by atoms with Crippen molar-refractivity contribution >= 4 is 12.4 Å². The lowest BCUT2D eigenvalue weighted by atomic mass is 10.2. The molecule has 0 aromatic heterocycles. The van der Waals surface area contributed by atoms with Crippen LogP contribution in [0.2, 0.25) is 0 Å². The van der Waals surface area contributed by atoms with Crippen LogP contribution in [0.15, 0.2) is 58.5 Å². The number of aliphatic hydroxyl groups is 2. The lowest BCUT2D eigenvalue weighted by molar-refractivity contribution is 0.201. The van der Waals surface area contributed by atoms with Gasteiger partial charge < -0.3 is 19.7 Å². The van der Waals surface area contributed by atoms with Crippen molar-refractivity contribution in [1.82, 2.24) is 0 Å². The van der Waals surface area contributed by atoms with Gasteiger partial charge >= 0.3 is 0 Å². The normalized spacial score (nSPS) is 11.4. The Balaban J connectivity index is 1.51. The van der Waals surface area contributed by atoms with Gasteiger partial charge in [-0.15, -0.1) is 0 Å². The molecule has 6 heteroatoms. The van der Waals surface area contributed by atoms with Gasteiger partial charge in [0, 0.05) is 25.5 Å². The SMILES string of the molecule is OCCOc1ccc(/C=N/CCCCCC/N=C/c2ccc(OCCO)cc2)cc1. The highest BCUT2D eigenvalue weighted by Gasteiger charge is 1.95. The summed E-state index contributed by atoms with van der Waals surface area (Å²) in [5.74, 6) is 1.51. The number of ether oxygens (including phenoxy) is 2. The monoisotopic (exact) mass is 412 g/mol. The molecule has 0 unspecified atom stereocenters. The number of rotatable bonds is 15. The molecule has 2 aromatic rings. The molecule has 0 bridgehead atoms. The van der Waals surface area contributed by atoms with Crippen LogP contribution >= 0.6 is 0 Å². The minimum absolute atomic E-state index is 0.0198. The zero-order chi connectivity index (χ0) is 21.3. The molecule has 6 nitrogen and oxygen atoms in total. The molecule has 0 aliphatic rings. The fourth-order valence-electron chi connectivity index (χ4n) is 2.73. The van der Waals surface area contributed by atoms with Gasteiger partial charge in [0.1, 0.15) is 24.7 Å². The van der Waals surface area contributed by atoms with Crippen molar-refractivity contribution < 1.29 is 19.7 Å². The number of aliphatic hydroxyl groups excluding tert-OH is 2. The molecule has 2 rings (SSSR count). The van der Waals surface area contributed by atoms with Gasteiger partial charge in [-0.3, -0.25) is 9.98 Å². The zero-order valence-corrected chi connectivity index (χ0v) is 17.4. The number of hydrogen-bond acceptors (Lipinski definition) is 6. The van der Waals surface area contributed by atoms with Gasteiger partial charge in [0.25, 0.3) is 0 Å². The first kappa shape index (κ1) is 23.6. The fraction of sp³-hybridized carbons (Fsp3) is 0.417. The van der Waals surface area contributed by atoms with Gasteiger partial charge in [-0.1, -0.05) is 12.8 Å². The first-order valence-electron chi connectivity index (χ1n) is 10.5. The summed E-state index contributed by atoms with van der Waals surface area (Å²) in [5, 5.41) is 17.5. The molecule has 2 aromatic carbocycles. The first-order valence-corrected chi connectivity index (χ1v) is 10.5. The molecule has 0 saturated heterocycles. The van der Waals surface area contributed by atoms with Crippen LogP contribution in [0.3, 0.4) is 0 Å². The standard InChI is InChI=1S/C24H32N2O4/c27-15-17-29-23-9-5-21(6-10-23)19-25-13-3-1-2-4-14-26-20-22-7-11-24(12-8-22)30-18-16-28/h5-12,19-20,27-28H,1-4,13-18H2/b25-19+,26-20+. The Morgan fingerprint density at radius 3 is 1.37 bits per heavy atom. The molecule has 0 atom stereocenters. The Morgan fingerprint density at radius 2 is 1.00 bits per heavy atom. The third-order valence-electron chi connectivity index (χ3n) is 4.29. The average molecular weight is 413 g/mol. The summed E-state index contributed by atoms with van der Waals surface area (Å²) in [6.45, 7) is 2.33. The topological polar surface area (TPSA) is 83.6 Å². The van der Waals surface area contributed by atoms with Gasteiger partial charge in [0.15, 0.2) is 0 Å². The maximum absolute atomic E-state index is 8.74. The Bertz CT molecular complexity index is 677. The molecule has 0 saturated carbocycles. The first-order chi connectivity index (χ1) is 14.8. The molecule has 2 N–H and O–H groups in total. The van der Waals surface area contributed by atoms with Crippen molar-refractivity contribution in [3.63, 3.8) is 0 Å². The van der Waals surface area contributed by atoms with Crippen LogP contribution in [-0.2, 0) is 0 Å². The molecule has 0 aliphatic carbocycles. The van der Waals surface area contributed by atoms with E-state index in [0.29, 0.717) is 13.2 Å². The van der Waals surface area contributed by atoms with Gasteiger partial charge in [0.2, 0.25) is 0 Å². The molecule has 0 fully saturated rings. The number of nitrogens with zero attached hydrogens (tertiary/aromatic N) is 2. The Kier molecular flexibility index (Phi) is 11.9. The molecule has 0 heterocycles. The maximum atomic E-state index is 8.74. The van der Waals surface area contributed by atoms with E-state index in [2.05, 4.69) is 9.98 Å². The van der Waals surface area contributed by atoms with E-state index >= 15 is 0 Å². The van der Waals surface area contributed by atoms with E-state index in [-0.39, 0.29) is 13.2 Å². The van der Waals surface area contributed by atoms with Crippen LogP contribution in [0, 0.1) is 0 Å². The summed E-state index contributed by atoms with van der Waals surface area (Å²) in [4.78, 5) is 8.95. The summed E-state index contributed by atoms with van der Waals surface area (Å²) >= 11 is 0. The predicted molar refractivity (Wildman–Crippen MR) is 121 cm³/mol. The van der Waals surface area contributed by atoms with E-state index in [0.717, 1.165) is 61.4 Å². The minimum atomic E-state index is 0.0198. The minimum Gasteiger partial charge on any atom is -0.491 e. The van der Waals surface area contributed by atoms with Crippen LogP contribution in [0.1, 0.15) is 36.8 Å². The zero-order valence-electron chi connectivity index (χ0n) is 17.4. The quantitative estimate of drug-likeness (QED) is 0.346. The highest BCUT2D eigenvalue weighted by Crippen LogP contribution is 2.12. The molecule has 0 aliphatic heterocycles. The van der Waals surface area contributed by atoms with E-state index in [1.54, 1.807) is 0 Å². The lowest BCUT2D eigenvalue weighted by Gasteiger charge is -2.03. The third-order valence-corrected chi connectivity index (χ3v) is 4.29. The van der Waals surface area contributed by atoms with Crippen molar-refractivity contribution in [2.75, 3.05) is 39.5 Å². The molecule has 0 spiro atoms. The lowest BCUT2D eigenvalue weighted by Crippen LogP contribution is -2.01. The molecule has 162 valence electrons. The van der Waals surface area contributed by atoms with Crippen molar-refractivity contribution in [3.8, 4) is 11.5 Å². The van der Waals surface area contributed by atoms with E-state index in [1.165, 1.54) is 0 Å². The second-order valence-corrected chi connectivity index (χ2v) is 6.77. The number of benzene rings is 2. The predicted octanol–water partition coefficient (Wildman–Crippen LogP) is 3.53. The second-order valence-electron chi connectivity index (χ2n) is 6.77. The van der Waals surface area contributed by atoms with E-state index < -0.39 is 0 Å². The number of hydrogen-bond donors (Lipinski definition) is 2. The highest BCUT2D eigenvalue weighted by molar-refractivity contribution is 5.80.